The number of hydrogen-bond donors (Lipinski definition) is 1. The molecule has 2 heteroatoms. The molecule has 1 unspecified atom stereocenters. The van der Waals surface area contributed by atoms with E-state index < -0.39 is 0 Å². The predicted molar refractivity (Wildman–Crippen MR) is 82.6 cm³/mol. The van der Waals surface area contributed by atoms with Gasteiger partial charge in [0.2, 0.25) is 0 Å². The molecule has 0 saturated heterocycles. The van der Waals surface area contributed by atoms with Crippen molar-refractivity contribution < 1.29 is 4.42 Å². The van der Waals surface area contributed by atoms with Gasteiger partial charge in [-0.15, -0.1) is 0 Å². The molecule has 1 N–H and O–H groups in total. The number of aryl methyl sites for hydroxylation is 1. The average molecular weight is 261 g/mol. The van der Waals surface area contributed by atoms with Gasteiger partial charge in [0, 0.05) is 16.3 Å². The number of fused-ring (bicyclic) bond motifs is 3. The lowest BCUT2D eigenvalue weighted by molar-refractivity contribution is 0.646. The molecule has 1 atom stereocenters. The minimum atomic E-state index is 0.171. The van der Waals surface area contributed by atoms with Crippen LogP contribution in [0.3, 0.4) is 0 Å². The van der Waals surface area contributed by atoms with Crippen LogP contribution in [-0.4, -0.2) is 0 Å². The predicted octanol–water partition coefficient (Wildman–Crippen LogP) is 4.61. The number of allylic oxidation sites excluding steroid dienone is 2. The summed E-state index contributed by atoms with van der Waals surface area (Å²) in [7, 11) is 0. The maximum Gasteiger partial charge on any atom is 0.141 e. The molecule has 1 aliphatic heterocycles. The minimum absolute atomic E-state index is 0.171. The third kappa shape index (κ3) is 1.58. The van der Waals surface area contributed by atoms with E-state index in [2.05, 4.69) is 60.8 Å². The lowest BCUT2D eigenvalue weighted by atomic mass is 10.0. The fourth-order valence-electron chi connectivity index (χ4n) is 2.87. The number of nitrogens with one attached hydrogen (secondary N) is 1. The fourth-order valence-corrected chi connectivity index (χ4v) is 2.87. The molecular formula is C18H15NO. The van der Waals surface area contributed by atoms with E-state index in [4.69, 9.17) is 4.42 Å². The van der Waals surface area contributed by atoms with Crippen molar-refractivity contribution in [3.63, 3.8) is 0 Å². The highest BCUT2D eigenvalue weighted by molar-refractivity contribution is 6.06. The zero-order chi connectivity index (χ0) is 13.5. The van der Waals surface area contributed by atoms with E-state index in [1.807, 2.05) is 12.3 Å². The van der Waals surface area contributed by atoms with Crippen LogP contribution >= 0.6 is 0 Å². The molecule has 0 saturated carbocycles. The summed E-state index contributed by atoms with van der Waals surface area (Å²) in [6.07, 6.45) is 8.18. The smallest absolute Gasteiger partial charge is 0.141 e. The molecule has 0 aliphatic carbocycles. The van der Waals surface area contributed by atoms with Crippen LogP contribution in [0.4, 0.5) is 0 Å². The van der Waals surface area contributed by atoms with Crippen molar-refractivity contribution in [1.82, 2.24) is 5.32 Å². The van der Waals surface area contributed by atoms with Crippen molar-refractivity contribution in [2.24, 2.45) is 0 Å². The Kier molecular flexibility index (Phi) is 2.43. The summed E-state index contributed by atoms with van der Waals surface area (Å²) in [6, 6.07) is 12.8. The van der Waals surface area contributed by atoms with Gasteiger partial charge in [-0.1, -0.05) is 48.6 Å². The number of dihydropyridines is 1. The lowest BCUT2D eigenvalue weighted by Gasteiger charge is -2.16. The Morgan fingerprint density at radius 3 is 2.55 bits per heavy atom. The Morgan fingerprint density at radius 1 is 0.950 bits per heavy atom. The van der Waals surface area contributed by atoms with Gasteiger partial charge in [-0.05, 0) is 24.8 Å². The van der Waals surface area contributed by atoms with Crippen LogP contribution in [0.5, 0.6) is 0 Å². The van der Waals surface area contributed by atoms with E-state index >= 15 is 0 Å². The van der Waals surface area contributed by atoms with Crippen molar-refractivity contribution in [2.75, 3.05) is 0 Å². The Balaban J connectivity index is 2.03. The van der Waals surface area contributed by atoms with Crippen LogP contribution < -0.4 is 5.32 Å². The maximum absolute atomic E-state index is 6.17. The molecular weight excluding hydrogens is 246 g/mol. The topological polar surface area (TPSA) is 25.2 Å². The number of furan rings is 1. The van der Waals surface area contributed by atoms with Crippen molar-refractivity contribution in [2.45, 2.75) is 13.0 Å². The molecule has 98 valence electrons. The zero-order valence-electron chi connectivity index (χ0n) is 11.3. The molecule has 2 aromatic carbocycles. The van der Waals surface area contributed by atoms with Crippen LogP contribution in [0.1, 0.15) is 17.2 Å². The van der Waals surface area contributed by atoms with Crippen molar-refractivity contribution in [1.29, 1.82) is 0 Å². The summed E-state index contributed by atoms with van der Waals surface area (Å²) >= 11 is 0. The Bertz CT molecular complexity index is 854. The van der Waals surface area contributed by atoms with Crippen molar-refractivity contribution in [3.05, 3.63) is 72.0 Å². The standard InChI is InChI=1S/C18H15NO/c1-12-6-4-7-13-14-8-5-9-15(18(14)20-17(12)13)16-10-2-3-11-19-16/h2-11,16,19H,1H3. The first-order chi connectivity index (χ1) is 9.84. The first kappa shape index (κ1) is 11.4. The fraction of sp³-hybridized carbons (Fsp3) is 0.111. The maximum atomic E-state index is 6.17. The molecule has 0 radical (unpaired) electrons. The summed E-state index contributed by atoms with van der Waals surface area (Å²) < 4.78 is 6.17. The van der Waals surface area contributed by atoms with Gasteiger partial charge >= 0.3 is 0 Å². The first-order valence-electron chi connectivity index (χ1n) is 6.85. The first-order valence-corrected chi connectivity index (χ1v) is 6.85. The Hall–Kier alpha value is -2.48. The molecule has 1 aromatic heterocycles. The van der Waals surface area contributed by atoms with E-state index in [0.29, 0.717) is 0 Å². The molecule has 0 amide bonds. The molecule has 0 fully saturated rings. The lowest BCUT2D eigenvalue weighted by Crippen LogP contribution is -2.14. The average Bonchev–Trinajstić information content (AvgIpc) is 2.88. The number of benzene rings is 2. The molecule has 2 heterocycles. The van der Waals surface area contributed by atoms with E-state index in [0.717, 1.165) is 11.2 Å². The van der Waals surface area contributed by atoms with E-state index in [9.17, 15) is 0 Å². The van der Waals surface area contributed by atoms with Gasteiger partial charge in [0.1, 0.15) is 11.2 Å². The summed E-state index contributed by atoms with van der Waals surface area (Å²) in [5, 5.41) is 5.74. The summed E-state index contributed by atoms with van der Waals surface area (Å²) in [6.45, 7) is 2.09. The largest absolute Gasteiger partial charge is 0.455 e. The quantitative estimate of drug-likeness (QED) is 0.692. The third-order valence-corrected chi connectivity index (χ3v) is 3.87. The van der Waals surface area contributed by atoms with Gasteiger partial charge in [-0.2, -0.15) is 0 Å². The van der Waals surface area contributed by atoms with Crippen LogP contribution in [-0.2, 0) is 0 Å². The molecule has 4 rings (SSSR count). The highest BCUT2D eigenvalue weighted by Crippen LogP contribution is 2.35. The summed E-state index contributed by atoms with van der Waals surface area (Å²) in [5.41, 5.74) is 4.33. The van der Waals surface area contributed by atoms with E-state index in [-0.39, 0.29) is 6.04 Å². The minimum Gasteiger partial charge on any atom is -0.455 e. The normalized spacial score (nSPS) is 17.8. The molecule has 0 bridgehead atoms. The number of para-hydroxylation sites is 2. The zero-order valence-corrected chi connectivity index (χ0v) is 11.3. The van der Waals surface area contributed by atoms with E-state index in [1.165, 1.54) is 21.9 Å². The second-order valence-corrected chi connectivity index (χ2v) is 5.17. The highest BCUT2D eigenvalue weighted by atomic mass is 16.3. The van der Waals surface area contributed by atoms with Gasteiger partial charge in [0.05, 0.1) is 6.04 Å². The van der Waals surface area contributed by atoms with Crippen LogP contribution in [0.15, 0.2) is 65.2 Å². The second-order valence-electron chi connectivity index (χ2n) is 5.17. The van der Waals surface area contributed by atoms with Gasteiger partial charge in [0.15, 0.2) is 0 Å². The number of rotatable bonds is 1. The molecule has 0 spiro atoms. The van der Waals surface area contributed by atoms with Crippen molar-refractivity contribution >= 4 is 21.9 Å². The van der Waals surface area contributed by atoms with Crippen molar-refractivity contribution in [3.8, 4) is 0 Å². The van der Waals surface area contributed by atoms with Gasteiger partial charge in [-0.3, -0.25) is 0 Å². The monoisotopic (exact) mass is 261 g/mol. The van der Waals surface area contributed by atoms with Crippen LogP contribution in [0.25, 0.3) is 21.9 Å². The molecule has 3 aromatic rings. The molecule has 20 heavy (non-hydrogen) atoms. The summed E-state index contributed by atoms with van der Waals surface area (Å²) in [4.78, 5) is 0. The summed E-state index contributed by atoms with van der Waals surface area (Å²) in [5.74, 6) is 0. The Labute approximate surface area is 117 Å². The van der Waals surface area contributed by atoms with Crippen LogP contribution in [0, 0.1) is 6.92 Å². The van der Waals surface area contributed by atoms with Gasteiger partial charge < -0.3 is 9.73 Å². The second kappa shape index (κ2) is 4.27. The molecule has 1 aliphatic rings. The van der Waals surface area contributed by atoms with Gasteiger partial charge in [0.25, 0.3) is 0 Å². The highest BCUT2D eigenvalue weighted by Gasteiger charge is 2.16. The van der Waals surface area contributed by atoms with E-state index in [1.54, 1.807) is 0 Å². The number of hydrogen-bond acceptors (Lipinski definition) is 2. The SMILES string of the molecule is Cc1cccc2c1oc1c(C3C=CC=CN3)cccc12. The van der Waals surface area contributed by atoms with Gasteiger partial charge in [-0.25, -0.2) is 0 Å². The van der Waals surface area contributed by atoms with Crippen LogP contribution in [0.2, 0.25) is 0 Å². The Morgan fingerprint density at radius 2 is 1.75 bits per heavy atom. The molecule has 2 nitrogen and oxygen atoms in total. The third-order valence-electron chi connectivity index (χ3n) is 3.87.